The van der Waals surface area contributed by atoms with E-state index in [1.807, 2.05) is 0 Å². The SMILES string of the molecule is NCCOCCNc1ccc(S(N)(=O)=O)cc1F. The van der Waals surface area contributed by atoms with Crippen LogP contribution in [0.1, 0.15) is 0 Å². The van der Waals surface area contributed by atoms with Gasteiger partial charge in [0.25, 0.3) is 0 Å². The van der Waals surface area contributed by atoms with Crippen LogP contribution in [0.25, 0.3) is 0 Å². The Morgan fingerprint density at radius 2 is 2.06 bits per heavy atom. The Morgan fingerprint density at radius 3 is 2.61 bits per heavy atom. The Labute approximate surface area is 105 Å². The van der Waals surface area contributed by atoms with Gasteiger partial charge in [-0.1, -0.05) is 0 Å². The Hall–Kier alpha value is -1.22. The third-order valence-corrected chi connectivity index (χ3v) is 3.00. The molecule has 1 aromatic carbocycles. The minimum atomic E-state index is -3.88. The van der Waals surface area contributed by atoms with Crippen LogP contribution < -0.4 is 16.2 Å². The summed E-state index contributed by atoms with van der Waals surface area (Å²) in [7, 11) is -3.88. The summed E-state index contributed by atoms with van der Waals surface area (Å²) in [4.78, 5) is -0.259. The van der Waals surface area contributed by atoms with Gasteiger partial charge in [0.15, 0.2) is 0 Å². The van der Waals surface area contributed by atoms with Crippen molar-refractivity contribution in [3.05, 3.63) is 24.0 Å². The van der Waals surface area contributed by atoms with Crippen molar-refractivity contribution in [2.75, 3.05) is 31.6 Å². The summed E-state index contributed by atoms with van der Waals surface area (Å²) in [5.74, 6) is -0.680. The first kappa shape index (κ1) is 14.8. The number of anilines is 1. The summed E-state index contributed by atoms with van der Waals surface area (Å²) in [5, 5.41) is 7.66. The number of hydrogen-bond donors (Lipinski definition) is 3. The molecule has 5 N–H and O–H groups in total. The molecular formula is C10H16FN3O3S. The fraction of sp³-hybridized carbons (Fsp3) is 0.400. The van der Waals surface area contributed by atoms with E-state index in [-0.39, 0.29) is 10.6 Å². The van der Waals surface area contributed by atoms with Gasteiger partial charge in [0.1, 0.15) is 5.82 Å². The average Bonchev–Trinajstić information content (AvgIpc) is 2.29. The van der Waals surface area contributed by atoms with Crippen molar-refractivity contribution in [3.63, 3.8) is 0 Å². The molecule has 0 heterocycles. The number of halogens is 1. The first-order valence-electron chi connectivity index (χ1n) is 5.29. The van der Waals surface area contributed by atoms with E-state index in [1.54, 1.807) is 0 Å². The second kappa shape index (κ2) is 6.64. The molecule has 18 heavy (non-hydrogen) atoms. The summed E-state index contributed by atoms with van der Waals surface area (Å²) in [5.41, 5.74) is 5.42. The predicted molar refractivity (Wildman–Crippen MR) is 66.1 cm³/mol. The van der Waals surface area contributed by atoms with Gasteiger partial charge in [-0.25, -0.2) is 17.9 Å². The molecule has 1 aromatic rings. The van der Waals surface area contributed by atoms with E-state index >= 15 is 0 Å². The molecule has 0 unspecified atom stereocenters. The summed E-state index contributed by atoms with van der Waals surface area (Å²) in [6.45, 7) is 1.64. The zero-order valence-electron chi connectivity index (χ0n) is 9.73. The number of ether oxygens (including phenoxy) is 1. The minimum Gasteiger partial charge on any atom is -0.380 e. The summed E-state index contributed by atoms with van der Waals surface area (Å²) in [6, 6.07) is 3.43. The van der Waals surface area contributed by atoms with Crippen molar-refractivity contribution in [2.24, 2.45) is 10.9 Å². The maximum Gasteiger partial charge on any atom is 0.238 e. The van der Waals surface area contributed by atoms with Crippen molar-refractivity contribution < 1.29 is 17.5 Å². The van der Waals surface area contributed by atoms with Gasteiger partial charge in [0.05, 0.1) is 23.8 Å². The van der Waals surface area contributed by atoms with Gasteiger partial charge in [-0.05, 0) is 18.2 Å². The van der Waals surface area contributed by atoms with Crippen molar-refractivity contribution >= 4 is 15.7 Å². The molecule has 0 fully saturated rings. The summed E-state index contributed by atoms with van der Waals surface area (Å²) in [6.07, 6.45) is 0. The van der Waals surface area contributed by atoms with E-state index in [0.717, 1.165) is 6.07 Å². The molecule has 0 amide bonds. The van der Waals surface area contributed by atoms with Gasteiger partial charge in [-0.2, -0.15) is 0 Å². The van der Waals surface area contributed by atoms with Crippen LogP contribution in [0.3, 0.4) is 0 Å². The smallest absolute Gasteiger partial charge is 0.238 e. The lowest BCUT2D eigenvalue weighted by Crippen LogP contribution is -2.15. The largest absolute Gasteiger partial charge is 0.380 e. The molecule has 0 atom stereocenters. The van der Waals surface area contributed by atoms with E-state index in [0.29, 0.717) is 26.3 Å². The number of nitrogens with two attached hydrogens (primary N) is 2. The maximum absolute atomic E-state index is 13.5. The quantitative estimate of drug-likeness (QED) is 0.601. The molecule has 0 saturated carbocycles. The summed E-state index contributed by atoms with van der Waals surface area (Å²) >= 11 is 0. The third kappa shape index (κ3) is 4.57. The van der Waals surface area contributed by atoms with E-state index in [2.05, 4.69) is 5.32 Å². The average molecular weight is 277 g/mol. The topological polar surface area (TPSA) is 107 Å². The number of hydrogen-bond acceptors (Lipinski definition) is 5. The van der Waals surface area contributed by atoms with Crippen LogP contribution in [0.2, 0.25) is 0 Å². The van der Waals surface area contributed by atoms with E-state index < -0.39 is 15.8 Å². The molecule has 0 bridgehead atoms. The van der Waals surface area contributed by atoms with Gasteiger partial charge in [0, 0.05) is 13.1 Å². The Bertz CT molecular complexity index is 493. The zero-order valence-corrected chi connectivity index (χ0v) is 10.5. The summed E-state index contributed by atoms with van der Waals surface area (Å²) < 4.78 is 40.6. The Kier molecular flexibility index (Phi) is 5.48. The molecule has 8 heteroatoms. The van der Waals surface area contributed by atoms with Crippen molar-refractivity contribution in [2.45, 2.75) is 4.90 Å². The highest BCUT2D eigenvalue weighted by molar-refractivity contribution is 7.89. The van der Waals surface area contributed by atoms with Gasteiger partial charge in [0.2, 0.25) is 10.0 Å². The molecule has 102 valence electrons. The zero-order chi connectivity index (χ0) is 13.6. The lowest BCUT2D eigenvalue weighted by molar-refractivity contribution is 0.151. The van der Waals surface area contributed by atoms with Crippen molar-refractivity contribution in [1.82, 2.24) is 0 Å². The minimum absolute atomic E-state index is 0.193. The molecular weight excluding hydrogens is 261 g/mol. The standard InChI is InChI=1S/C10H16FN3O3S/c11-9-7-8(18(13,15)16)1-2-10(9)14-4-6-17-5-3-12/h1-2,7,14H,3-6,12H2,(H2,13,15,16). The van der Waals surface area contributed by atoms with Crippen molar-refractivity contribution in [1.29, 1.82) is 0 Å². The van der Waals surface area contributed by atoms with Crippen LogP contribution in [0, 0.1) is 5.82 Å². The molecule has 0 aromatic heterocycles. The normalized spacial score (nSPS) is 11.5. The highest BCUT2D eigenvalue weighted by Gasteiger charge is 2.11. The fourth-order valence-electron chi connectivity index (χ4n) is 1.26. The van der Waals surface area contributed by atoms with E-state index in [9.17, 15) is 12.8 Å². The van der Waals surface area contributed by atoms with Gasteiger partial charge < -0.3 is 15.8 Å². The Balaban J connectivity index is 2.58. The van der Waals surface area contributed by atoms with Crippen LogP contribution in [0.4, 0.5) is 10.1 Å². The molecule has 0 spiro atoms. The third-order valence-electron chi connectivity index (χ3n) is 2.09. The molecule has 0 radical (unpaired) electrons. The van der Waals surface area contributed by atoms with Crippen LogP contribution in [-0.4, -0.2) is 34.7 Å². The lowest BCUT2D eigenvalue weighted by atomic mass is 10.3. The maximum atomic E-state index is 13.5. The van der Waals surface area contributed by atoms with Gasteiger partial charge in [-0.15, -0.1) is 0 Å². The van der Waals surface area contributed by atoms with E-state index in [1.165, 1.54) is 12.1 Å². The number of sulfonamides is 1. The second-order valence-corrected chi connectivity index (χ2v) is 5.08. The van der Waals surface area contributed by atoms with Gasteiger partial charge >= 0.3 is 0 Å². The number of rotatable bonds is 7. The number of nitrogens with one attached hydrogen (secondary N) is 1. The first-order chi connectivity index (χ1) is 8.45. The molecule has 0 aliphatic rings. The molecule has 1 rings (SSSR count). The highest BCUT2D eigenvalue weighted by atomic mass is 32.2. The van der Waals surface area contributed by atoms with Gasteiger partial charge in [-0.3, -0.25) is 0 Å². The Morgan fingerprint density at radius 1 is 1.33 bits per heavy atom. The monoisotopic (exact) mass is 277 g/mol. The van der Waals surface area contributed by atoms with Crippen LogP contribution in [0.5, 0.6) is 0 Å². The van der Waals surface area contributed by atoms with Crippen molar-refractivity contribution in [3.8, 4) is 0 Å². The van der Waals surface area contributed by atoms with E-state index in [4.69, 9.17) is 15.6 Å². The number of primary sulfonamides is 1. The lowest BCUT2D eigenvalue weighted by Gasteiger charge is -2.08. The molecule has 6 nitrogen and oxygen atoms in total. The molecule has 0 aliphatic carbocycles. The fourth-order valence-corrected chi connectivity index (χ4v) is 1.78. The van der Waals surface area contributed by atoms with Crippen LogP contribution >= 0.6 is 0 Å². The van der Waals surface area contributed by atoms with Crippen LogP contribution in [0.15, 0.2) is 23.1 Å². The number of benzene rings is 1. The predicted octanol–water partition coefficient (Wildman–Crippen LogP) is -0.140. The highest BCUT2D eigenvalue weighted by Crippen LogP contribution is 2.17. The second-order valence-electron chi connectivity index (χ2n) is 3.51. The molecule has 0 aliphatic heterocycles. The van der Waals surface area contributed by atoms with Crippen LogP contribution in [-0.2, 0) is 14.8 Å². The molecule has 0 saturated heterocycles. The first-order valence-corrected chi connectivity index (χ1v) is 6.84.